The Bertz CT molecular complexity index is 343. The molecule has 5 heteroatoms. The van der Waals surface area contributed by atoms with Crippen LogP contribution in [-0.4, -0.2) is 24.2 Å². The van der Waals surface area contributed by atoms with Crippen molar-refractivity contribution in [3.05, 3.63) is 0 Å². The Morgan fingerprint density at radius 1 is 1.29 bits per heavy atom. The van der Waals surface area contributed by atoms with Crippen LogP contribution in [0.15, 0.2) is 0 Å². The van der Waals surface area contributed by atoms with Crippen LogP contribution in [0.25, 0.3) is 0 Å². The van der Waals surface area contributed by atoms with Gasteiger partial charge in [-0.25, -0.2) is 8.78 Å². The fourth-order valence-electron chi connectivity index (χ4n) is 1.31. The first-order valence-electron chi connectivity index (χ1n) is 6.05. The van der Waals surface area contributed by atoms with Crippen LogP contribution in [0, 0.1) is 0 Å². The van der Waals surface area contributed by atoms with Gasteiger partial charge in [0, 0.05) is 10.5 Å². The molecule has 2 rings (SSSR count). The average Bonchev–Trinajstić information content (AvgIpc) is 2.33. The summed E-state index contributed by atoms with van der Waals surface area (Å²) >= 11 is 0. The van der Waals surface area contributed by atoms with Gasteiger partial charge in [-0.15, -0.1) is 0 Å². The van der Waals surface area contributed by atoms with E-state index in [1.807, 2.05) is 0 Å². The van der Waals surface area contributed by atoms with E-state index in [-0.39, 0.29) is 0 Å². The van der Waals surface area contributed by atoms with E-state index < -0.39 is 36.4 Å². The van der Waals surface area contributed by atoms with Gasteiger partial charge in [0.2, 0.25) is 5.92 Å². The Morgan fingerprint density at radius 2 is 1.64 bits per heavy atom. The molecular formula is C9H15BF2O2. The SMILES string of the molecule is [2H]C1([2H])C(F)(F)C1([2H])B1OC(C)(C)C(C)(C)O1. The van der Waals surface area contributed by atoms with E-state index in [1.165, 1.54) is 0 Å². The molecule has 2 aliphatic rings. The van der Waals surface area contributed by atoms with Gasteiger partial charge < -0.3 is 9.31 Å². The smallest absolute Gasteiger partial charge is 0.403 e. The molecule has 80 valence electrons. The highest BCUT2D eigenvalue weighted by Gasteiger charge is 2.69. The van der Waals surface area contributed by atoms with Crippen molar-refractivity contribution in [3.63, 3.8) is 0 Å². The Hall–Kier alpha value is -0.155. The van der Waals surface area contributed by atoms with Crippen molar-refractivity contribution in [1.29, 1.82) is 0 Å². The highest BCUT2D eigenvalue weighted by molar-refractivity contribution is 6.49. The third-order valence-corrected chi connectivity index (χ3v) is 3.06. The molecule has 0 aromatic rings. The lowest BCUT2D eigenvalue weighted by Crippen LogP contribution is -2.41. The van der Waals surface area contributed by atoms with Crippen LogP contribution in [0.3, 0.4) is 0 Å². The molecule has 0 amide bonds. The molecule has 1 aliphatic heterocycles. The minimum absolute atomic E-state index is 0.847. The van der Waals surface area contributed by atoms with E-state index >= 15 is 0 Å². The highest BCUT2D eigenvalue weighted by atomic mass is 19.3. The fraction of sp³-hybridized carbons (Fsp3) is 1.00. The van der Waals surface area contributed by atoms with Gasteiger partial charge in [-0.1, -0.05) is 0 Å². The third kappa shape index (κ3) is 1.37. The molecule has 1 unspecified atom stereocenters. The first kappa shape index (κ1) is 7.17. The van der Waals surface area contributed by atoms with Crippen LogP contribution in [0.1, 0.15) is 38.2 Å². The Balaban J connectivity index is 2.30. The molecule has 0 aromatic carbocycles. The van der Waals surface area contributed by atoms with Crippen molar-refractivity contribution >= 4 is 7.12 Å². The van der Waals surface area contributed by atoms with E-state index in [0.717, 1.165) is 0 Å². The van der Waals surface area contributed by atoms with Gasteiger partial charge in [0.15, 0.2) is 0 Å². The monoisotopic (exact) mass is 207 g/mol. The van der Waals surface area contributed by atoms with Crippen molar-refractivity contribution < 1.29 is 22.2 Å². The van der Waals surface area contributed by atoms with E-state index in [9.17, 15) is 8.78 Å². The maximum atomic E-state index is 13.4. The molecule has 1 saturated carbocycles. The van der Waals surface area contributed by atoms with Crippen molar-refractivity contribution in [3.8, 4) is 0 Å². The zero-order valence-electron chi connectivity index (χ0n) is 11.6. The normalized spacial score (nSPS) is 49.3. The third-order valence-electron chi connectivity index (χ3n) is 3.06. The number of alkyl halides is 2. The van der Waals surface area contributed by atoms with E-state index in [0.29, 0.717) is 0 Å². The number of halogens is 2. The molecule has 14 heavy (non-hydrogen) atoms. The van der Waals surface area contributed by atoms with Crippen molar-refractivity contribution in [2.24, 2.45) is 0 Å². The molecule has 1 heterocycles. The zero-order valence-corrected chi connectivity index (χ0v) is 8.65. The molecular weight excluding hydrogens is 189 g/mol. The minimum Gasteiger partial charge on any atom is -0.403 e. The first-order valence-corrected chi connectivity index (χ1v) is 4.55. The molecule has 0 spiro atoms. The summed E-state index contributed by atoms with van der Waals surface area (Å²) in [4.78, 5) is 0. The summed E-state index contributed by atoms with van der Waals surface area (Å²) in [7, 11) is -1.56. The zero-order chi connectivity index (χ0) is 13.5. The molecule has 2 fully saturated rings. The molecule has 1 saturated heterocycles. The molecule has 0 bridgehead atoms. The van der Waals surface area contributed by atoms with Crippen LogP contribution < -0.4 is 0 Å². The quantitative estimate of drug-likeness (QED) is 0.615. The summed E-state index contributed by atoms with van der Waals surface area (Å²) in [6.07, 6.45) is -2.92. The van der Waals surface area contributed by atoms with Gasteiger partial charge in [0.25, 0.3) is 0 Å². The topological polar surface area (TPSA) is 18.5 Å². The van der Waals surface area contributed by atoms with Crippen LogP contribution in [0.2, 0.25) is 5.79 Å². The summed E-state index contributed by atoms with van der Waals surface area (Å²) < 4.78 is 59.5. The molecule has 0 radical (unpaired) electrons. The van der Waals surface area contributed by atoms with Crippen LogP contribution in [-0.2, 0) is 9.31 Å². The molecule has 1 aliphatic carbocycles. The predicted octanol–water partition coefficient (Wildman–Crippen LogP) is 2.49. The summed E-state index contributed by atoms with van der Waals surface area (Å²) in [5.74, 6) is -6.41. The predicted molar refractivity (Wildman–Crippen MR) is 49.4 cm³/mol. The minimum atomic E-state index is -3.75. The van der Waals surface area contributed by atoms with E-state index in [1.54, 1.807) is 27.7 Å². The maximum Gasteiger partial charge on any atom is 0.467 e. The highest BCUT2D eigenvalue weighted by Crippen LogP contribution is 2.59. The molecule has 2 nitrogen and oxygen atoms in total. The molecule has 1 atom stereocenters. The second-order valence-corrected chi connectivity index (χ2v) is 4.70. The number of rotatable bonds is 1. The van der Waals surface area contributed by atoms with Crippen LogP contribution >= 0.6 is 0 Å². The lowest BCUT2D eigenvalue weighted by Gasteiger charge is -2.32. The van der Waals surface area contributed by atoms with Crippen molar-refractivity contribution in [2.75, 3.05) is 0 Å². The molecule has 0 N–H and O–H groups in total. The van der Waals surface area contributed by atoms with E-state index in [2.05, 4.69) is 0 Å². The summed E-state index contributed by atoms with van der Waals surface area (Å²) in [5, 5.41) is 0. The van der Waals surface area contributed by atoms with Crippen molar-refractivity contribution in [2.45, 2.75) is 57.0 Å². The Kier molecular flexibility index (Phi) is 1.28. The average molecular weight is 207 g/mol. The number of hydrogen-bond acceptors (Lipinski definition) is 2. The van der Waals surface area contributed by atoms with Crippen LogP contribution in [0.5, 0.6) is 0 Å². The fourth-order valence-corrected chi connectivity index (χ4v) is 1.31. The van der Waals surface area contributed by atoms with Crippen molar-refractivity contribution in [1.82, 2.24) is 0 Å². The summed E-state index contributed by atoms with van der Waals surface area (Å²) in [6, 6.07) is 0. The lowest BCUT2D eigenvalue weighted by atomic mass is 9.82. The number of hydrogen-bond donors (Lipinski definition) is 0. The second-order valence-electron chi connectivity index (χ2n) is 4.70. The molecule has 0 aromatic heterocycles. The lowest BCUT2D eigenvalue weighted by molar-refractivity contribution is 0.00578. The second kappa shape index (κ2) is 2.50. The first-order chi connectivity index (χ1) is 7.31. The van der Waals surface area contributed by atoms with Crippen LogP contribution in [0.4, 0.5) is 8.78 Å². The maximum absolute atomic E-state index is 13.4. The Labute approximate surface area is 87.3 Å². The standard InChI is InChI=1S/C9H15BF2O2/c1-7(2)8(3,4)14-10(13-7)6-5-9(6,11)12/h6H,5H2,1-4H3/i5D2,6D. The van der Waals surface area contributed by atoms with Gasteiger partial charge in [-0.2, -0.15) is 0 Å². The van der Waals surface area contributed by atoms with Gasteiger partial charge in [-0.05, 0) is 27.7 Å². The summed E-state index contributed by atoms with van der Waals surface area (Å²) in [6.45, 7) is 6.69. The Morgan fingerprint density at radius 3 is 1.93 bits per heavy atom. The largest absolute Gasteiger partial charge is 0.467 e. The summed E-state index contributed by atoms with van der Waals surface area (Å²) in [5.41, 5.74) is -1.69. The van der Waals surface area contributed by atoms with E-state index in [4.69, 9.17) is 13.4 Å². The van der Waals surface area contributed by atoms with Gasteiger partial charge in [0.1, 0.15) is 0 Å². The van der Waals surface area contributed by atoms with Gasteiger partial charge in [-0.3, -0.25) is 0 Å². The van der Waals surface area contributed by atoms with Gasteiger partial charge >= 0.3 is 7.12 Å². The van der Waals surface area contributed by atoms with Gasteiger partial charge in [0.05, 0.1) is 17.0 Å².